The Kier molecular flexibility index (Phi) is 6.75. The van der Waals surface area contributed by atoms with Gasteiger partial charge in [0.2, 0.25) is 0 Å². The fourth-order valence-corrected chi connectivity index (χ4v) is 5.67. The average molecular weight is 456 g/mol. The van der Waals surface area contributed by atoms with Crippen LogP contribution in [0.25, 0.3) is 11.1 Å². The molecule has 5 rings (SSSR count). The number of amides is 1. The van der Waals surface area contributed by atoms with Gasteiger partial charge in [-0.25, -0.2) is 0 Å². The van der Waals surface area contributed by atoms with Crippen LogP contribution < -0.4 is 0 Å². The maximum absolute atomic E-state index is 13.3. The van der Waals surface area contributed by atoms with Crippen molar-refractivity contribution in [2.24, 2.45) is 0 Å². The molecule has 3 aromatic rings. The zero-order chi connectivity index (χ0) is 23.5. The summed E-state index contributed by atoms with van der Waals surface area (Å²) in [5.74, 6) is 0.424. The van der Waals surface area contributed by atoms with E-state index in [0.29, 0.717) is 30.2 Å². The molecule has 0 N–H and O–H groups in total. The second kappa shape index (κ2) is 10.1. The lowest BCUT2D eigenvalue weighted by Gasteiger charge is -2.57. The lowest BCUT2D eigenvalue weighted by molar-refractivity contribution is -0.0680. The summed E-state index contributed by atoms with van der Waals surface area (Å²) < 4.78 is 5.64. The third-order valence-electron chi connectivity index (χ3n) is 7.36. The number of pyridine rings is 1. The Bertz CT molecular complexity index is 1120. The molecule has 5 heteroatoms. The van der Waals surface area contributed by atoms with Crippen molar-refractivity contribution in [1.29, 1.82) is 0 Å². The minimum Gasteiger partial charge on any atom is -0.383 e. The summed E-state index contributed by atoms with van der Waals surface area (Å²) >= 11 is 0. The summed E-state index contributed by atoms with van der Waals surface area (Å²) in [4.78, 5) is 22.0. The van der Waals surface area contributed by atoms with Crippen molar-refractivity contribution >= 4 is 5.91 Å². The van der Waals surface area contributed by atoms with E-state index >= 15 is 0 Å². The number of hydrogen-bond donors (Lipinski definition) is 0. The van der Waals surface area contributed by atoms with Crippen molar-refractivity contribution in [1.82, 2.24) is 14.8 Å². The van der Waals surface area contributed by atoms with Gasteiger partial charge in [0.25, 0.3) is 5.91 Å². The van der Waals surface area contributed by atoms with E-state index in [4.69, 9.17) is 4.74 Å². The zero-order valence-electron chi connectivity index (χ0n) is 20.1. The van der Waals surface area contributed by atoms with Crippen molar-refractivity contribution < 1.29 is 9.53 Å². The average Bonchev–Trinajstić information content (AvgIpc) is 2.85. The van der Waals surface area contributed by atoms with E-state index in [1.807, 2.05) is 17.0 Å². The molecule has 1 amide bonds. The third kappa shape index (κ3) is 4.50. The van der Waals surface area contributed by atoms with E-state index in [-0.39, 0.29) is 5.91 Å². The predicted octanol–water partition coefficient (Wildman–Crippen LogP) is 4.78. The second-order valence-electron chi connectivity index (χ2n) is 9.55. The van der Waals surface area contributed by atoms with Crippen LogP contribution in [0.2, 0.25) is 0 Å². The Labute approximate surface area is 202 Å². The van der Waals surface area contributed by atoms with Gasteiger partial charge in [-0.2, -0.15) is 0 Å². The van der Waals surface area contributed by atoms with Crippen LogP contribution in [0.5, 0.6) is 0 Å². The van der Waals surface area contributed by atoms with E-state index in [1.165, 1.54) is 22.3 Å². The maximum Gasteiger partial charge on any atom is 0.255 e. The number of benzene rings is 2. The van der Waals surface area contributed by atoms with Gasteiger partial charge in [0.15, 0.2) is 0 Å². The number of fused-ring (bicyclic) bond motifs is 1. The van der Waals surface area contributed by atoms with E-state index in [0.717, 1.165) is 32.5 Å². The molecular weight excluding hydrogens is 422 g/mol. The zero-order valence-corrected chi connectivity index (χ0v) is 20.1. The fraction of sp³-hybridized carbons (Fsp3) is 0.379. The highest BCUT2D eigenvalue weighted by atomic mass is 16.5. The van der Waals surface area contributed by atoms with Gasteiger partial charge in [-0.1, -0.05) is 54.1 Å². The summed E-state index contributed by atoms with van der Waals surface area (Å²) in [6, 6.07) is 22.0. The van der Waals surface area contributed by atoms with E-state index in [2.05, 4.69) is 65.3 Å². The first-order valence-electron chi connectivity index (χ1n) is 12.3. The van der Waals surface area contributed by atoms with Crippen molar-refractivity contribution in [2.75, 3.05) is 33.4 Å². The molecule has 0 unspecified atom stereocenters. The van der Waals surface area contributed by atoms with Gasteiger partial charge in [-0.3, -0.25) is 14.7 Å². The Balaban J connectivity index is 1.40. The Morgan fingerprint density at radius 1 is 1.03 bits per heavy atom. The van der Waals surface area contributed by atoms with Gasteiger partial charge in [0.05, 0.1) is 12.2 Å². The van der Waals surface area contributed by atoms with E-state index < -0.39 is 0 Å². The molecule has 3 atom stereocenters. The van der Waals surface area contributed by atoms with Crippen LogP contribution in [0.3, 0.4) is 0 Å². The second-order valence-corrected chi connectivity index (χ2v) is 9.55. The quantitative estimate of drug-likeness (QED) is 0.556. The number of rotatable bonds is 5. The molecule has 0 bridgehead atoms. The number of nitrogens with zero attached hydrogens (tertiary/aromatic N) is 3. The molecule has 2 fully saturated rings. The highest BCUT2D eigenvalue weighted by molar-refractivity contribution is 5.93. The monoisotopic (exact) mass is 455 g/mol. The summed E-state index contributed by atoms with van der Waals surface area (Å²) in [6.45, 7) is 5.43. The number of aromatic nitrogens is 1. The Morgan fingerprint density at radius 3 is 2.59 bits per heavy atom. The predicted molar refractivity (Wildman–Crippen MR) is 135 cm³/mol. The smallest absolute Gasteiger partial charge is 0.255 e. The maximum atomic E-state index is 13.3. The summed E-state index contributed by atoms with van der Waals surface area (Å²) in [5, 5.41) is 0. The number of carbonyl (C=O) groups is 1. The van der Waals surface area contributed by atoms with Gasteiger partial charge >= 0.3 is 0 Å². The molecule has 2 aliphatic rings. The molecule has 2 saturated heterocycles. The molecule has 0 aliphatic carbocycles. The molecule has 5 nitrogen and oxygen atoms in total. The number of carbonyl (C=O) groups excluding carboxylic acids is 1. The van der Waals surface area contributed by atoms with Crippen molar-refractivity contribution in [2.45, 2.75) is 37.8 Å². The van der Waals surface area contributed by atoms with E-state index in [1.54, 1.807) is 19.5 Å². The standard InChI is InChI=1S/C29H33N3O2/c1-21-7-5-8-24(17-21)22-10-12-23(13-11-22)28-26-19-31(29(33)25-9-6-14-30-18-25)15-3-4-16-32(26)27(28)20-34-2/h5-14,17-18,26-28H,3-4,15-16,19-20H2,1-2H3/t26-,27-,28-/m1/s1. The summed E-state index contributed by atoms with van der Waals surface area (Å²) in [7, 11) is 1.79. The molecule has 0 saturated carbocycles. The SMILES string of the molecule is COC[C@@H]1[C@H](c2ccc(-c3cccc(C)c3)cc2)[C@H]2CN(C(=O)c3cccnc3)CCCCN12. The van der Waals surface area contributed by atoms with Gasteiger partial charge in [0, 0.05) is 50.6 Å². The molecule has 3 heterocycles. The first-order chi connectivity index (χ1) is 16.7. The summed E-state index contributed by atoms with van der Waals surface area (Å²) in [6.07, 6.45) is 5.50. The van der Waals surface area contributed by atoms with E-state index in [9.17, 15) is 4.79 Å². The molecule has 34 heavy (non-hydrogen) atoms. The van der Waals surface area contributed by atoms with Crippen LogP contribution >= 0.6 is 0 Å². The number of hydrogen-bond acceptors (Lipinski definition) is 4. The molecule has 1 aromatic heterocycles. The number of ether oxygens (including phenoxy) is 1. The highest BCUT2D eigenvalue weighted by Crippen LogP contribution is 2.42. The number of methoxy groups -OCH3 is 1. The van der Waals surface area contributed by atoms with Crippen LogP contribution in [-0.4, -0.2) is 66.1 Å². The minimum absolute atomic E-state index is 0.0821. The van der Waals surface area contributed by atoms with Gasteiger partial charge < -0.3 is 9.64 Å². The van der Waals surface area contributed by atoms with Gasteiger partial charge in [-0.15, -0.1) is 0 Å². The largest absolute Gasteiger partial charge is 0.383 e. The minimum atomic E-state index is 0.0821. The van der Waals surface area contributed by atoms with Crippen LogP contribution in [0.15, 0.2) is 73.1 Å². The lowest BCUT2D eigenvalue weighted by Crippen LogP contribution is -2.68. The fourth-order valence-electron chi connectivity index (χ4n) is 5.67. The Hall–Kier alpha value is -3.02. The first-order valence-corrected chi connectivity index (χ1v) is 12.3. The lowest BCUT2D eigenvalue weighted by atomic mass is 9.74. The molecular formula is C29H33N3O2. The van der Waals surface area contributed by atoms with Crippen molar-refractivity contribution in [3.05, 3.63) is 89.7 Å². The van der Waals surface area contributed by atoms with Crippen LogP contribution in [0.4, 0.5) is 0 Å². The molecule has 2 aliphatic heterocycles. The van der Waals surface area contributed by atoms with Gasteiger partial charge in [0.1, 0.15) is 0 Å². The first kappa shape index (κ1) is 22.8. The van der Waals surface area contributed by atoms with Crippen LogP contribution in [-0.2, 0) is 4.74 Å². The van der Waals surface area contributed by atoms with Crippen LogP contribution in [0, 0.1) is 6.92 Å². The number of aryl methyl sites for hydroxylation is 1. The summed E-state index contributed by atoms with van der Waals surface area (Å²) in [5.41, 5.74) is 5.74. The third-order valence-corrected chi connectivity index (χ3v) is 7.36. The van der Waals surface area contributed by atoms with Crippen molar-refractivity contribution in [3.63, 3.8) is 0 Å². The van der Waals surface area contributed by atoms with Crippen molar-refractivity contribution in [3.8, 4) is 11.1 Å². The normalized spacial score (nSPS) is 22.9. The highest BCUT2D eigenvalue weighted by Gasteiger charge is 2.49. The van der Waals surface area contributed by atoms with Crippen LogP contribution in [0.1, 0.15) is 40.2 Å². The topological polar surface area (TPSA) is 45.7 Å². The molecule has 0 spiro atoms. The Morgan fingerprint density at radius 2 is 1.85 bits per heavy atom. The van der Waals surface area contributed by atoms with Gasteiger partial charge in [-0.05, 0) is 55.1 Å². The molecule has 0 radical (unpaired) electrons. The molecule has 176 valence electrons. The molecule has 2 aromatic carbocycles.